The first-order valence-electron chi connectivity index (χ1n) is 7.21. The van der Waals surface area contributed by atoms with Gasteiger partial charge in [0.15, 0.2) is 0 Å². The van der Waals surface area contributed by atoms with Gasteiger partial charge in [0, 0.05) is 15.8 Å². The first-order valence-corrected chi connectivity index (χ1v) is 8.03. The summed E-state index contributed by atoms with van der Waals surface area (Å²) in [5.41, 5.74) is 3.98. The van der Waals surface area contributed by atoms with Crippen LogP contribution in [0.4, 0.5) is 4.79 Å². The minimum atomic E-state index is -0.369. The van der Waals surface area contributed by atoms with Crippen LogP contribution in [-0.4, -0.2) is 14.9 Å². The summed E-state index contributed by atoms with van der Waals surface area (Å²) in [5.74, 6) is 0. The van der Waals surface area contributed by atoms with E-state index in [4.69, 9.17) is 9.72 Å². The zero-order valence-electron chi connectivity index (χ0n) is 11.9. The molecule has 0 atom stereocenters. The van der Waals surface area contributed by atoms with Crippen molar-refractivity contribution in [1.82, 2.24) is 9.55 Å². The largest absolute Gasteiger partial charge is 0.452 e. The number of pyridine rings is 2. The predicted octanol–water partition coefficient (Wildman–Crippen LogP) is 3.17. The molecule has 0 fully saturated rings. The van der Waals surface area contributed by atoms with E-state index in [0.717, 1.165) is 39.6 Å². The minimum Gasteiger partial charge on any atom is -0.452 e. The summed E-state index contributed by atoms with van der Waals surface area (Å²) < 4.78 is 6.70. The Morgan fingerprint density at radius 2 is 2.04 bits per heavy atom. The maximum atomic E-state index is 12.7. The number of ether oxygens (including phenoxy) is 1. The van der Waals surface area contributed by atoms with Gasteiger partial charge in [0.1, 0.15) is 6.61 Å². The van der Waals surface area contributed by atoms with E-state index in [1.54, 1.807) is 4.57 Å². The SMILES string of the molecule is O=C1OCc2c(cc3n(c2=O)Cc2cc4ccccc4nc2-3)S1. The molecule has 0 saturated heterocycles. The van der Waals surface area contributed by atoms with Gasteiger partial charge in [-0.25, -0.2) is 9.78 Å². The van der Waals surface area contributed by atoms with Crippen LogP contribution < -0.4 is 5.56 Å². The Balaban J connectivity index is 1.79. The Morgan fingerprint density at radius 3 is 2.96 bits per heavy atom. The van der Waals surface area contributed by atoms with E-state index in [2.05, 4.69) is 6.07 Å². The second-order valence-corrected chi connectivity index (χ2v) is 6.57. The average molecular weight is 322 g/mol. The highest BCUT2D eigenvalue weighted by Crippen LogP contribution is 2.36. The maximum absolute atomic E-state index is 12.7. The number of benzene rings is 1. The molecule has 4 heterocycles. The number of aromatic nitrogens is 2. The van der Waals surface area contributed by atoms with Crippen LogP contribution in [0.15, 0.2) is 46.1 Å². The highest BCUT2D eigenvalue weighted by Gasteiger charge is 2.28. The molecule has 2 aromatic heterocycles. The minimum absolute atomic E-state index is 0.0476. The van der Waals surface area contributed by atoms with Crippen molar-refractivity contribution in [1.29, 1.82) is 0 Å². The summed E-state index contributed by atoms with van der Waals surface area (Å²) in [7, 11) is 0. The molecule has 0 N–H and O–H groups in total. The molecule has 0 spiro atoms. The van der Waals surface area contributed by atoms with Crippen LogP contribution in [-0.2, 0) is 17.9 Å². The lowest BCUT2D eigenvalue weighted by atomic mass is 10.1. The number of para-hydroxylation sites is 1. The van der Waals surface area contributed by atoms with Crippen LogP contribution in [0.1, 0.15) is 11.1 Å². The average Bonchev–Trinajstić information content (AvgIpc) is 2.91. The first kappa shape index (κ1) is 12.9. The normalized spacial score (nSPS) is 15.0. The predicted molar refractivity (Wildman–Crippen MR) is 86.6 cm³/mol. The molecule has 0 amide bonds. The molecule has 5 nitrogen and oxygen atoms in total. The van der Waals surface area contributed by atoms with Crippen molar-refractivity contribution in [2.75, 3.05) is 0 Å². The van der Waals surface area contributed by atoms with Gasteiger partial charge in [-0.2, -0.15) is 0 Å². The van der Waals surface area contributed by atoms with Crippen molar-refractivity contribution < 1.29 is 9.53 Å². The Kier molecular flexibility index (Phi) is 2.50. The van der Waals surface area contributed by atoms with E-state index in [1.807, 2.05) is 30.3 Å². The third kappa shape index (κ3) is 1.78. The summed E-state index contributed by atoms with van der Waals surface area (Å²) in [6, 6.07) is 11.9. The fourth-order valence-electron chi connectivity index (χ4n) is 3.17. The number of carbonyl (C=O) groups is 1. The molecule has 2 aliphatic rings. The van der Waals surface area contributed by atoms with Gasteiger partial charge >= 0.3 is 5.30 Å². The topological polar surface area (TPSA) is 61.2 Å². The Labute approximate surface area is 134 Å². The summed E-state index contributed by atoms with van der Waals surface area (Å²) in [6.45, 7) is 0.555. The smallest absolute Gasteiger partial charge is 0.372 e. The van der Waals surface area contributed by atoms with Crippen molar-refractivity contribution in [3.63, 3.8) is 0 Å². The standard InChI is InChI=1S/C17H10N2O3S/c20-16-11-8-22-17(21)23-14(11)6-13-15-10(7-19(13)16)5-9-3-1-2-4-12(9)18-15/h1-6H,7-8H2. The molecule has 6 heteroatoms. The van der Waals surface area contributed by atoms with Crippen molar-refractivity contribution in [2.24, 2.45) is 0 Å². The molecule has 3 aromatic rings. The van der Waals surface area contributed by atoms with Gasteiger partial charge < -0.3 is 9.30 Å². The van der Waals surface area contributed by atoms with Gasteiger partial charge in [-0.05, 0) is 30.0 Å². The summed E-state index contributed by atoms with van der Waals surface area (Å²) in [5, 5.41) is 0.691. The van der Waals surface area contributed by atoms with Gasteiger partial charge in [-0.15, -0.1) is 0 Å². The molecule has 112 valence electrons. The number of fused-ring (bicyclic) bond motifs is 5. The number of hydrogen-bond acceptors (Lipinski definition) is 5. The van der Waals surface area contributed by atoms with E-state index in [-0.39, 0.29) is 17.5 Å². The fourth-order valence-corrected chi connectivity index (χ4v) is 3.90. The molecule has 23 heavy (non-hydrogen) atoms. The van der Waals surface area contributed by atoms with Gasteiger partial charge in [0.2, 0.25) is 0 Å². The Hall–Kier alpha value is -2.60. The zero-order valence-corrected chi connectivity index (χ0v) is 12.7. The highest BCUT2D eigenvalue weighted by molar-refractivity contribution is 8.13. The van der Waals surface area contributed by atoms with Crippen LogP contribution in [0.25, 0.3) is 22.3 Å². The van der Waals surface area contributed by atoms with Crippen LogP contribution in [0.3, 0.4) is 0 Å². The molecule has 0 saturated carbocycles. The molecular weight excluding hydrogens is 312 g/mol. The fraction of sp³-hybridized carbons (Fsp3) is 0.118. The van der Waals surface area contributed by atoms with Crippen molar-refractivity contribution >= 4 is 28.0 Å². The maximum Gasteiger partial charge on any atom is 0.372 e. The third-order valence-electron chi connectivity index (χ3n) is 4.26. The van der Waals surface area contributed by atoms with E-state index < -0.39 is 0 Å². The lowest BCUT2D eigenvalue weighted by Crippen LogP contribution is -2.26. The van der Waals surface area contributed by atoms with E-state index in [0.29, 0.717) is 17.0 Å². The molecule has 0 radical (unpaired) electrons. The van der Waals surface area contributed by atoms with Crippen LogP contribution in [0.5, 0.6) is 0 Å². The van der Waals surface area contributed by atoms with E-state index in [9.17, 15) is 9.59 Å². The third-order valence-corrected chi connectivity index (χ3v) is 5.13. The summed E-state index contributed by atoms with van der Waals surface area (Å²) in [6.07, 6.45) is 0. The molecule has 0 bridgehead atoms. The number of carbonyl (C=O) groups excluding carboxylic acids is 1. The second kappa shape index (κ2) is 4.45. The van der Waals surface area contributed by atoms with E-state index in [1.165, 1.54) is 0 Å². The first-order chi connectivity index (χ1) is 11.2. The lowest BCUT2D eigenvalue weighted by molar-refractivity contribution is 0.164. The molecule has 2 aliphatic heterocycles. The highest BCUT2D eigenvalue weighted by atomic mass is 32.2. The molecule has 5 rings (SSSR count). The lowest BCUT2D eigenvalue weighted by Gasteiger charge is -2.16. The van der Waals surface area contributed by atoms with Crippen LogP contribution in [0.2, 0.25) is 0 Å². The van der Waals surface area contributed by atoms with Crippen LogP contribution >= 0.6 is 11.8 Å². The van der Waals surface area contributed by atoms with Crippen molar-refractivity contribution in [3.05, 3.63) is 57.9 Å². The number of rotatable bonds is 0. The quantitative estimate of drug-likeness (QED) is 0.465. The zero-order chi connectivity index (χ0) is 15.6. The second-order valence-electron chi connectivity index (χ2n) is 5.59. The number of nitrogens with zero attached hydrogens (tertiary/aromatic N) is 2. The van der Waals surface area contributed by atoms with Crippen LogP contribution in [0, 0.1) is 0 Å². The summed E-state index contributed by atoms with van der Waals surface area (Å²) >= 11 is 0.968. The summed E-state index contributed by atoms with van der Waals surface area (Å²) in [4.78, 5) is 29.6. The molecular formula is C17H10N2O3S. The molecule has 0 unspecified atom stereocenters. The Bertz CT molecular complexity index is 1070. The number of cyclic esters (lactones) is 1. The van der Waals surface area contributed by atoms with E-state index >= 15 is 0 Å². The molecule has 1 aromatic carbocycles. The number of hydrogen-bond donors (Lipinski definition) is 0. The van der Waals surface area contributed by atoms with Gasteiger partial charge in [-0.1, -0.05) is 18.2 Å². The van der Waals surface area contributed by atoms with Gasteiger partial charge in [0.25, 0.3) is 5.56 Å². The molecule has 0 aliphatic carbocycles. The number of thioether (sulfide) groups is 1. The Morgan fingerprint density at radius 1 is 1.17 bits per heavy atom. The van der Waals surface area contributed by atoms with Crippen molar-refractivity contribution in [2.45, 2.75) is 18.0 Å². The monoisotopic (exact) mass is 322 g/mol. The van der Waals surface area contributed by atoms with Gasteiger partial charge in [0.05, 0.1) is 29.0 Å². The van der Waals surface area contributed by atoms with Crippen molar-refractivity contribution in [3.8, 4) is 11.4 Å². The van der Waals surface area contributed by atoms with Gasteiger partial charge in [-0.3, -0.25) is 4.79 Å².